The van der Waals surface area contributed by atoms with Gasteiger partial charge in [-0.2, -0.15) is 0 Å². The van der Waals surface area contributed by atoms with Crippen LogP contribution in [0, 0.1) is 0 Å². The highest BCUT2D eigenvalue weighted by atomic mass is 35.5. The van der Waals surface area contributed by atoms with Crippen LogP contribution in [0.25, 0.3) is 0 Å². The first kappa shape index (κ1) is 13.2. The van der Waals surface area contributed by atoms with Crippen molar-refractivity contribution >= 4 is 23.2 Å². The van der Waals surface area contributed by atoms with Gasteiger partial charge in [-0.15, -0.1) is 22.0 Å². The molecule has 15 heavy (non-hydrogen) atoms. The topological polar surface area (TPSA) is 27.7 Å². The first-order chi connectivity index (χ1) is 6.37. The largest absolute Gasteiger partial charge is 0.526 e. The van der Waals surface area contributed by atoms with Crippen LogP contribution < -0.4 is 0 Å². The molecule has 1 rings (SSSR count). The molecule has 1 fully saturated rings. The molecule has 0 aromatic rings. The standard InChI is InChI=1S/C5H3Cl2F5O3/c1-2(6)3(7,14-4(8,9)10)15-5(11,12)13-2/h1H3. The van der Waals surface area contributed by atoms with Gasteiger partial charge in [0.05, 0.1) is 0 Å². The second-order valence-corrected chi connectivity index (χ2v) is 3.89. The van der Waals surface area contributed by atoms with Crippen molar-refractivity contribution in [3.8, 4) is 0 Å². The zero-order chi connectivity index (χ0) is 12.1. The number of alkyl halides is 7. The summed E-state index contributed by atoms with van der Waals surface area (Å²) in [4.78, 5) is 0. The van der Waals surface area contributed by atoms with Crippen LogP contribution >= 0.6 is 23.2 Å². The summed E-state index contributed by atoms with van der Waals surface area (Å²) in [5, 5.41) is -6.04. The molecule has 0 saturated carbocycles. The van der Waals surface area contributed by atoms with Crippen LogP contribution in [0.2, 0.25) is 0 Å². The molecular formula is C5H3Cl2F5O3. The summed E-state index contributed by atoms with van der Waals surface area (Å²) in [5.74, 6) is 0. The Kier molecular flexibility index (Phi) is 2.90. The van der Waals surface area contributed by atoms with Crippen molar-refractivity contribution in [1.82, 2.24) is 0 Å². The number of hydrogen-bond acceptors (Lipinski definition) is 3. The molecule has 1 saturated heterocycles. The molecule has 0 aromatic heterocycles. The van der Waals surface area contributed by atoms with E-state index >= 15 is 0 Å². The average molecular weight is 277 g/mol. The van der Waals surface area contributed by atoms with E-state index in [0.717, 1.165) is 0 Å². The van der Waals surface area contributed by atoms with E-state index in [0.29, 0.717) is 6.92 Å². The summed E-state index contributed by atoms with van der Waals surface area (Å²) in [6.07, 6.45) is -9.66. The Balaban J connectivity index is 2.93. The summed E-state index contributed by atoms with van der Waals surface area (Å²) in [7, 11) is 0. The minimum atomic E-state index is -5.30. The molecule has 2 unspecified atom stereocenters. The third-order valence-electron chi connectivity index (χ3n) is 1.34. The Hall–Kier alpha value is 0.110. The lowest BCUT2D eigenvalue weighted by atomic mass is 10.4. The van der Waals surface area contributed by atoms with Crippen molar-refractivity contribution in [1.29, 1.82) is 0 Å². The van der Waals surface area contributed by atoms with E-state index in [2.05, 4.69) is 14.2 Å². The fourth-order valence-electron chi connectivity index (χ4n) is 0.810. The van der Waals surface area contributed by atoms with Gasteiger partial charge in [0.2, 0.25) is 5.06 Å². The Morgan fingerprint density at radius 3 is 1.87 bits per heavy atom. The Labute approximate surface area is 90.0 Å². The molecule has 2 atom stereocenters. The van der Waals surface area contributed by atoms with E-state index in [1.165, 1.54) is 0 Å². The monoisotopic (exact) mass is 276 g/mol. The Morgan fingerprint density at radius 2 is 1.60 bits per heavy atom. The molecule has 1 aliphatic heterocycles. The molecule has 0 N–H and O–H groups in total. The molecule has 1 aliphatic rings. The van der Waals surface area contributed by atoms with Gasteiger partial charge in [-0.3, -0.25) is 4.74 Å². The molecule has 10 heteroatoms. The summed E-state index contributed by atoms with van der Waals surface area (Å²) >= 11 is 10.2. The van der Waals surface area contributed by atoms with E-state index in [1.807, 2.05) is 0 Å². The quantitative estimate of drug-likeness (QED) is 0.544. The van der Waals surface area contributed by atoms with Crippen LogP contribution in [0.15, 0.2) is 0 Å². The molecule has 0 aliphatic carbocycles. The predicted octanol–water partition coefficient (Wildman–Crippen LogP) is 2.97. The molecule has 90 valence electrons. The molecule has 3 nitrogen and oxygen atoms in total. The van der Waals surface area contributed by atoms with Crippen molar-refractivity contribution in [2.24, 2.45) is 0 Å². The minimum Gasteiger partial charge on any atom is -0.266 e. The molecule has 0 spiro atoms. The first-order valence-electron chi connectivity index (χ1n) is 3.30. The Bertz CT molecular complexity index is 268. The zero-order valence-electron chi connectivity index (χ0n) is 6.87. The average Bonchev–Trinajstić information content (AvgIpc) is 1.88. The van der Waals surface area contributed by atoms with Gasteiger partial charge >= 0.3 is 17.9 Å². The van der Waals surface area contributed by atoms with E-state index in [4.69, 9.17) is 23.2 Å². The van der Waals surface area contributed by atoms with Gasteiger partial charge in [0, 0.05) is 0 Å². The van der Waals surface area contributed by atoms with E-state index in [1.54, 1.807) is 0 Å². The lowest BCUT2D eigenvalue weighted by Crippen LogP contribution is -2.46. The van der Waals surface area contributed by atoms with Crippen LogP contribution in [-0.4, -0.2) is 23.0 Å². The third-order valence-corrected chi connectivity index (χ3v) is 2.28. The van der Waals surface area contributed by atoms with Gasteiger partial charge in [0.15, 0.2) is 0 Å². The maximum Gasteiger partial charge on any atom is 0.526 e. The van der Waals surface area contributed by atoms with Gasteiger partial charge < -0.3 is 0 Å². The number of halogens is 7. The number of hydrogen-bond donors (Lipinski definition) is 0. The number of rotatable bonds is 1. The molecular weight excluding hydrogens is 274 g/mol. The first-order valence-corrected chi connectivity index (χ1v) is 4.05. The lowest BCUT2D eigenvalue weighted by molar-refractivity contribution is -0.422. The predicted molar refractivity (Wildman–Crippen MR) is 37.1 cm³/mol. The normalized spacial score (nSPS) is 40.8. The van der Waals surface area contributed by atoms with Gasteiger partial charge in [-0.05, 0) is 6.92 Å². The van der Waals surface area contributed by atoms with E-state index in [9.17, 15) is 22.0 Å². The van der Waals surface area contributed by atoms with Crippen LogP contribution in [0.4, 0.5) is 22.0 Å². The highest BCUT2D eigenvalue weighted by Gasteiger charge is 2.70. The second-order valence-electron chi connectivity index (χ2n) is 2.67. The molecule has 0 aromatic carbocycles. The highest BCUT2D eigenvalue weighted by molar-refractivity contribution is 6.32. The number of ether oxygens (including phenoxy) is 3. The maximum absolute atomic E-state index is 12.4. The minimum absolute atomic E-state index is 0.647. The van der Waals surface area contributed by atoms with Crippen molar-refractivity contribution in [3.63, 3.8) is 0 Å². The van der Waals surface area contributed by atoms with Crippen LogP contribution in [0.1, 0.15) is 6.92 Å². The lowest BCUT2D eigenvalue weighted by Gasteiger charge is -2.28. The zero-order valence-corrected chi connectivity index (χ0v) is 8.38. The van der Waals surface area contributed by atoms with Crippen LogP contribution in [0.5, 0.6) is 0 Å². The fourth-order valence-corrected chi connectivity index (χ4v) is 1.19. The van der Waals surface area contributed by atoms with Crippen LogP contribution in [-0.2, 0) is 14.2 Å². The summed E-state index contributed by atoms with van der Waals surface area (Å²) in [6.45, 7) is 0.647. The Morgan fingerprint density at radius 1 is 1.13 bits per heavy atom. The van der Waals surface area contributed by atoms with E-state index in [-0.39, 0.29) is 0 Å². The van der Waals surface area contributed by atoms with Gasteiger partial charge in [-0.25, -0.2) is 9.47 Å². The van der Waals surface area contributed by atoms with Crippen molar-refractivity contribution < 1.29 is 36.2 Å². The van der Waals surface area contributed by atoms with Gasteiger partial charge in [0.1, 0.15) is 0 Å². The van der Waals surface area contributed by atoms with Crippen LogP contribution in [0.3, 0.4) is 0 Å². The smallest absolute Gasteiger partial charge is 0.266 e. The third kappa shape index (κ3) is 2.82. The van der Waals surface area contributed by atoms with Crippen molar-refractivity contribution in [2.75, 3.05) is 0 Å². The molecule has 1 heterocycles. The van der Waals surface area contributed by atoms with E-state index < -0.39 is 23.0 Å². The SMILES string of the molecule is CC1(Cl)OC(F)(F)OC1(Cl)OC(F)(F)F. The summed E-state index contributed by atoms with van der Waals surface area (Å²) < 4.78 is 70.6. The van der Waals surface area contributed by atoms with Crippen molar-refractivity contribution in [2.45, 2.75) is 29.9 Å². The molecule has 0 amide bonds. The molecule has 0 bridgehead atoms. The summed E-state index contributed by atoms with van der Waals surface area (Å²) in [6, 6.07) is 0. The van der Waals surface area contributed by atoms with Crippen molar-refractivity contribution in [3.05, 3.63) is 0 Å². The molecule has 0 radical (unpaired) electrons. The fraction of sp³-hybridized carbons (Fsp3) is 1.00. The highest BCUT2D eigenvalue weighted by Crippen LogP contribution is 2.53. The van der Waals surface area contributed by atoms with Gasteiger partial charge in [0.25, 0.3) is 0 Å². The van der Waals surface area contributed by atoms with Gasteiger partial charge in [-0.1, -0.05) is 23.2 Å². The second kappa shape index (κ2) is 3.30. The maximum atomic E-state index is 12.4. The summed E-state index contributed by atoms with van der Waals surface area (Å²) in [5.41, 5.74) is 0.